The zero-order valence-corrected chi connectivity index (χ0v) is 11.1. The molecule has 0 spiro atoms. The molecule has 4 nitrogen and oxygen atoms in total. The summed E-state index contributed by atoms with van der Waals surface area (Å²) in [6.07, 6.45) is 5.17. The summed E-state index contributed by atoms with van der Waals surface area (Å²) >= 11 is 0. The highest BCUT2D eigenvalue weighted by Gasteiger charge is 2.39. The maximum atomic E-state index is 12.4. The molecular weight excluding hydrogens is 214 g/mol. The lowest BCUT2D eigenvalue weighted by atomic mass is 9.92. The van der Waals surface area contributed by atoms with E-state index in [1.165, 1.54) is 0 Å². The third-order valence-corrected chi connectivity index (χ3v) is 4.34. The smallest absolute Gasteiger partial charge is 0.240 e. The third-order valence-electron chi connectivity index (χ3n) is 4.34. The van der Waals surface area contributed by atoms with E-state index in [4.69, 9.17) is 0 Å². The Bertz CT molecular complexity index is 266. The number of hydrogen-bond acceptors (Lipinski definition) is 3. The van der Waals surface area contributed by atoms with E-state index < -0.39 is 0 Å². The van der Waals surface area contributed by atoms with Crippen LogP contribution in [0.2, 0.25) is 0 Å². The van der Waals surface area contributed by atoms with Crippen molar-refractivity contribution < 1.29 is 4.79 Å². The fourth-order valence-corrected chi connectivity index (χ4v) is 2.94. The standard InChI is InChI=1S/C13H25N3O/c1-3-13(7-4-8-14-13)12(17)15-11-5-9-16(2)10-6-11/h11,14H,3-10H2,1-2H3,(H,15,17). The van der Waals surface area contributed by atoms with E-state index in [9.17, 15) is 4.79 Å². The van der Waals surface area contributed by atoms with Crippen LogP contribution in [0.15, 0.2) is 0 Å². The lowest BCUT2D eigenvalue weighted by Gasteiger charge is -2.33. The molecule has 0 aromatic heterocycles. The van der Waals surface area contributed by atoms with Gasteiger partial charge in [-0.1, -0.05) is 6.92 Å². The monoisotopic (exact) mass is 239 g/mol. The second kappa shape index (κ2) is 5.36. The van der Waals surface area contributed by atoms with Gasteiger partial charge in [0.25, 0.3) is 0 Å². The van der Waals surface area contributed by atoms with Gasteiger partial charge < -0.3 is 15.5 Å². The number of carbonyl (C=O) groups is 1. The molecule has 2 N–H and O–H groups in total. The van der Waals surface area contributed by atoms with Crippen LogP contribution in [-0.2, 0) is 4.79 Å². The molecule has 2 fully saturated rings. The van der Waals surface area contributed by atoms with Crippen LogP contribution in [0.25, 0.3) is 0 Å². The van der Waals surface area contributed by atoms with Gasteiger partial charge in [0.1, 0.15) is 0 Å². The minimum absolute atomic E-state index is 0.229. The molecule has 2 aliphatic rings. The van der Waals surface area contributed by atoms with Gasteiger partial charge in [-0.25, -0.2) is 0 Å². The Morgan fingerprint density at radius 3 is 2.71 bits per heavy atom. The van der Waals surface area contributed by atoms with Gasteiger partial charge in [-0.15, -0.1) is 0 Å². The fraction of sp³-hybridized carbons (Fsp3) is 0.923. The van der Waals surface area contributed by atoms with Crippen molar-refractivity contribution in [2.24, 2.45) is 0 Å². The molecule has 2 rings (SSSR count). The van der Waals surface area contributed by atoms with Crippen LogP contribution in [0.4, 0.5) is 0 Å². The van der Waals surface area contributed by atoms with Gasteiger partial charge in [-0.05, 0) is 58.8 Å². The fourth-order valence-electron chi connectivity index (χ4n) is 2.94. The zero-order chi connectivity index (χ0) is 12.3. The largest absolute Gasteiger partial charge is 0.352 e. The number of nitrogens with zero attached hydrogens (tertiary/aromatic N) is 1. The van der Waals surface area contributed by atoms with Crippen LogP contribution in [0.1, 0.15) is 39.0 Å². The first-order valence-corrected chi connectivity index (χ1v) is 6.91. The van der Waals surface area contributed by atoms with E-state index in [-0.39, 0.29) is 11.4 Å². The maximum absolute atomic E-state index is 12.4. The van der Waals surface area contributed by atoms with Crippen molar-refractivity contribution in [1.82, 2.24) is 15.5 Å². The van der Waals surface area contributed by atoms with Gasteiger partial charge in [0.2, 0.25) is 5.91 Å². The molecule has 1 amide bonds. The molecule has 2 saturated heterocycles. The Kier molecular flexibility index (Phi) is 4.05. The van der Waals surface area contributed by atoms with Gasteiger partial charge in [0.15, 0.2) is 0 Å². The quantitative estimate of drug-likeness (QED) is 0.763. The van der Waals surface area contributed by atoms with Crippen LogP contribution < -0.4 is 10.6 Å². The Morgan fingerprint density at radius 1 is 1.47 bits per heavy atom. The van der Waals surface area contributed by atoms with Crippen LogP contribution in [0.3, 0.4) is 0 Å². The van der Waals surface area contributed by atoms with Crippen molar-refractivity contribution in [2.75, 3.05) is 26.7 Å². The lowest BCUT2D eigenvalue weighted by Crippen LogP contribution is -2.56. The molecule has 4 heteroatoms. The third kappa shape index (κ3) is 2.80. The summed E-state index contributed by atoms with van der Waals surface area (Å²) in [6, 6.07) is 0.379. The number of amides is 1. The highest BCUT2D eigenvalue weighted by molar-refractivity contribution is 5.86. The van der Waals surface area contributed by atoms with E-state index in [0.717, 1.165) is 51.7 Å². The van der Waals surface area contributed by atoms with Gasteiger partial charge in [0, 0.05) is 6.04 Å². The van der Waals surface area contributed by atoms with Crippen molar-refractivity contribution in [2.45, 2.75) is 50.6 Å². The van der Waals surface area contributed by atoms with Crippen LogP contribution in [0.5, 0.6) is 0 Å². The highest BCUT2D eigenvalue weighted by Crippen LogP contribution is 2.23. The molecule has 1 atom stereocenters. The first-order chi connectivity index (χ1) is 8.16. The number of carbonyl (C=O) groups excluding carboxylic acids is 1. The van der Waals surface area contributed by atoms with Gasteiger partial charge in [-0.2, -0.15) is 0 Å². The molecule has 0 bridgehead atoms. The molecule has 98 valence electrons. The van der Waals surface area contributed by atoms with Crippen molar-refractivity contribution >= 4 is 5.91 Å². The summed E-state index contributed by atoms with van der Waals surface area (Å²) in [6.45, 7) is 5.27. The van der Waals surface area contributed by atoms with Crippen LogP contribution >= 0.6 is 0 Å². The Hall–Kier alpha value is -0.610. The van der Waals surface area contributed by atoms with E-state index in [0.29, 0.717) is 6.04 Å². The summed E-state index contributed by atoms with van der Waals surface area (Å²) in [7, 11) is 2.14. The van der Waals surface area contributed by atoms with Crippen molar-refractivity contribution in [3.8, 4) is 0 Å². The van der Waals surface area contributed by atoms with Crippen molar-refractivity contribution in [3.05, 3.63) is 0 Å². The number of nitrogens with one attached hydrogen (secondary N) is 2. The molecule has 2 heterocycles. The summed E-state index contributed by atoms with van der Waals surface area (Å²) in [5.41, 5.74) is -0.274. The zero-order valence-electron chi connectivity index (χ0n) is 11.1. The molecule has 0 aromatic rings. The minimum atomic E-state index is -0.274. The topological polar surface area (TPSA) is 44.4 Å². The van der Waals surface area contributed by atoms with Crippen LogP contribution in [0, 0.1) is 0 Å². The Labute approximate surface area is 104 Å². The molecule has 17 heavy (non-hydrogen) atoms. The summed E-state index contributed by atoms with van der Waals surface area (Å²) in [5.74, 6) is 0.229. The van der Waals surface area contributed by atoms with Gasteiger partial charge >= 0.3 is 0 Å². The second-order valence-corrected chi connectivity index (χ2v) is 5.52. The molecule has 0 aliphatic carbocycles. The number of rotatable bonds is 3. The lowest BCUT2D eigenvalue weighted by molar-refractivity contribution is -0.128. The highest BCUT2D eigenvalue weighted by atomic mass is 16.2. The predicted molar refractivity (Wildman–Crippen MR) is 68.9 cm³/mol. The summed E-state index contributed by atoms with van der Waals surface area (Å²) in [5, 5.41) is 6.64. The Balaban J connectivity index is 1.87. The maximum Gasteiger partial charge on any atom is 0.240 e. The molecule has 0 aromatic carbocycles. The number of hydrogen-bond donors (Lipinski definition) is 2. The normalized spacial score (nSPS) is 31.6. The summed E-state index contributed by atoms with van der Waals surface area (Å²) < 4.78 is 0. The minimum Gasteiger partial charge on any atom is -0.352 e. The molecular formula is C13H25N3O. The van der Waals surface area contributed by atoms with E-state index >= 15 is 0 Å². The second-order valence-electron chi connectivity index (χ2n) is 5.52. The average Bonchev–Trinajstić information content (AvgIpc) is 2.82. The predicted octanol–water partition coefficient (Wildman–Crippen LogP) is 0.729. The number of likely N-dealkylation sites (tertiary alicyclic amines) is 1. The van der Waals surface area contributed by atoms with Gasteiger partial charge in [-0.3, -0.25) is 4.79 Å². The van der Waals surface area contributed by atoms with E-state index in [2.05, 4.69) is 29.5 Å². The van der Waals surface area contributed by atoms with E-state index in [1.807, 2.05) is 0 Å². The van der Waals surface area contributed by atoms with E-state index in [1.54, 1.807) is 0 Å². The SMILES string of the molecule is CCC1(C(=O)NC2CCN(C)CC2)CCCN1. The van der Waals surface area contributed by atoms with Crippen LogP contribution in [-0.4, -0.2) is 49.1 Å². The number of piperidine rings is 1. The molecule has 0 radical (unpaired) electrons. The average molecular weight is 239 g/mol. The molecule has 0 saturated carbocycles. The Morgan fingerprint density at radius 2 is 2.18 bits per heavy atom. The summed E-state index contributed by atoms with van der Waals surface area (Å²) in [4.78, 5) is 14.7. The molecule has 1 unspecified atom stereocenters. The first-order valence-electron chi connectivity index (χ1n) is 6.91. The van der Waals surface area contributed by atoms with Crippen molar-refractivity contribution in [3.63, 3.8) is 0 Å². The first kappa shape index (κ1) is 12.8. The van der Waals surface area contributed by atoms with Crippen molar-refractivity contribution in [1.29, 1.82) is 0 Å². The molecule has 2 aliphatic heterocycles. The van der Waals surface area contributed by atoms with Gasteiger partial charge in [0.05, 0.1) is 5.54 Å².